The third-order valence-corrected chi connectivity index (χ3v) is 10.1. The zero-order chi connectivity index (χ0) is 36.3. The molecule has 0 spiro atoms. The fourth-order valence-corrected chi connectivity index (χ4v) is 7.60. The number of fused-ring (bicyclic) bond motifs is 7. The van der Waals surface area contributed by atoms with Crippen molar-refractivity contribution < 1.29 is 14.7 Å². The number of carbonyl (C=O) groups is 2. The van der Waals surface area contributed by atoms with E-state index in [1.165, 1.54) is 32.7 Å². The Morgan fingerprint density at radius 3 is 1.87 bits per heavy atom. The highest BCUT2D eigenvalue weighted by molar-refractivity contribution is 6.31. The Kier molecular flexibility index (Phi) is 9.55. The van der Waals surface area contributed by atoms with E-state index in [0.29, 0.717) is 40.6 Å². The van der Waals surface area contributed by atoms with Crippen LogP contribution in [-0.4, -0.2) is 40.2 Å². The highest BCUT2D eigenvalue weighted by atomic mass is 35.5. The highest BCUT2D eigenvalue weighted by Gasteiger charge is 2.26. The van der Waals surface area contributed by atoms with Gasteiger partial charge in [-0.3, -0.25) is 14.7 Å². The van der Waals surface area contributed by atoms with Crippen molar-refractivity contribution in [3.8, 4) is 11.1 Å². The van der Waals surface area contributed by atoms with E-state index in [0.717, 1.165) is 16.7 Å². The SMILES string of the molecule is O=C(CN1Cc2ccc3ccccc3c2-c2c(ccc3ccccc23)C1)Nc1ccc(Cl)cc1C(=N[C@H](Cc1ccccc1)C(=O)O)c1ccccc1. The molecule has 0 aromatic heterocycles. The molecule has 1 aliphatic rings. The second-order valence-electron chi connectivity index (χ2n) is 13.4. The van der Waals surface area contributed by atoms with Gasteiger partial charge in [0.2, 0.25) is 5.91 Å². The maximum atomic E-state index is 14.1. The molecule has 7 aromatic rings. The van der Waals surface area contributed by atoms with Crippen LogP contribution in [0.25, 0.3) is 32.7 Å². The van der Waals surface area contributed by atoms with E-state index >= 15 is 0 Å². The maximum absolute atomic E-state index is 14.1. The topological polar surface area (TPSA) is 82.0 Å². The Hall–Kier alpha value is -6.08. The average Bonchev–Trinajstić information content (AvgIpc) is 3.34. The Labute approximate surface area is 313 Å². The number of nitrogens with one attached hydrogen (secondary N) is 1. The van der Waals surface area contributed by atoms with Gasteiger partial charge in [0, 0.05) is 35.7 Å². The quantitative estimate of drug-likeness (QED) is 0.146. The number of hydrogen-bond acceptors (Lipinski definition) is 4. The maximum Gasteiger partial charge on any atom is 0.328 e. The normalized spacial score (nSPS) is 13.6. The predicted octanol–water partition coefficient (Wildman–Crippen LogP) is 9.80. The van der Waals surface area contributed by atoms with Crippen molar-refractivity contribution in [2.24, 2.45) is 4.99 Å². The zero-order valence-electron chi connectivity index (χ0n) is 28.9. The number of hydrogen-bond donors (Lipinski definition) is 2. The number of anilines is 1. The van der Waals surface area contributed by atoms with Crippen LogP contribution in [0.15, 0.2) is 157 Å². The van der Waals surface area contributed by atoms with Crippen molar-refractivity contribution >= 4 is 56.4 Å². The number of benzene rings is 7. The van der Waals surface area contributed by atoms with Crippen LogP contribution in [-0.2, 0) is 29.1 Å². The van der Waals surface area contributed by atoms with Gasteiger partial charge in [0.1, 0.15) is 0 Å². The molecule has 8 rings (SSSR count). The fourth-order valence-electron chi connectivity index (χ4n) is 7.43. The first-order valence-electron chi connectivity index (χ1n) is 17.6. The van der Waals surface area contributed by atoms with Gasteiger partial charge < -0.3 is 10.4 Å². The van der Waals surface area contributed by atoms with Crippen LogP contribution >= 0.6 is 11.6 Å². The van der Waals surface area contributed by atoms with Crippen LogP contribution in [0.4, 0.5) is 5.69 Å². The molecule has 0 unspecified atom stereocenters. The number of amides is 1. The number of nitrogens with zero attached hydrogens (tertiary/aromatic N) is 2. The summed E-state index contributed by atoms with van der Waals surface area (Å²) in [7, 11) is 0. The van der Waals surface area contributed by atoms with Crippen LogP contribution in [0.3, 0.4) is 0 Å². The molecule has 53 heavy (non-hydrogen) atoms. The summed E-state index contributed by atoms with van der Waals surface area (Å²) in [5.41, 5.74) is 7.80. The van der Waals surface area contributed by atoms with Crippen molar-refractivity contribution in [1.29, 1.82) is 0 Å². The van der Waals surface area contributed by atoms with E-state index in [-0.39, 0.29) is 18.9 Å². The van der Waals surface area contributed by atoms with Gasteiger partial charge in [-0.1, -0.05) is 145 Å². The third-order valence-electron chi connectivity index (χ3n) is 9.84. The molecule has 2 N–H and O–H groups in total. The number of halogens is 1. The predicted molar refractivity (Wildman–Crippen MR) is 215 cm³/mol. The first kappa shape index (κ1) is 34.0. The molecule has 0 saturated heterocycles. The van der Waals surface area contributed by atoms with Crippen molar-refractivity contribution in [2.45, 2.75) is 25.6 Å². The first-order valence-corrected chi connectivity index (χ1v) is 18.0. The lowest BCUT2D eigenvalue weighted by molar-refractivity contribution is -0.138. The lowest BCUT2D eigenvalue weighted by Gasteiger charge is -2.22. The molecule has 0 saturated carbocycles. The van der Waals surface area contributed by atoms with Crippen molar-refractivity contribution in [3.63, 3.8) is 0 Å². The molecule has 0 fully saturated rings. The molecular weight excluding hydrogens is 678 g/mol. The van der Waals surface area contributed by atoms with Crippen LogP contribution in [0, 0.1) is 0 Å². The Bertz CT molecular complexity index is 2430. The molecule has 1 atom stereocenters. The van der Waals surface area contributed by atoms with E-state index in [1.807, 2.05) is 60.7 Å². The molecule has 7 heteroatoms. The van der Waals surface area contributed by atoms with Gasteiger partial charge >= 0.3 is 5.97 Å². The summed E-state index contributed by atoms with van der Waals surface area (Å²) in [5, 5.41) is 18.6. The minimum atomic E-state index is -1.07. The lowest BCUT2D eigenvalue weighted by atomic mass is 9.88. The van der Waals surface area contributed by atoms with Gasteiger partial charge in [0.05, 0.1) is 17.9 Å². The molecule has 0 bridgehead atoms. The number of aliphatic carboxylic acids is 1. The van der Waals surface area contributed by atoms with Crippen LogP contribution in [0.2, 0.25) is 5.02 Å². The van der Waals surface area contributed by atoms with E-state index in [4.69, 9.17) is 16.6 Å². The summed E-state index contributed by atoms with van der Waals surface area (Å²) >= 11 is 6.57. The molecule has 7 aromatic carbocycles. The van der Waals surface area contributed by atoms with Crippen LogP contribution < -0.4 is 5.32 Å². The number of carboxylic acid groups (broad SMARTS) is 1. The highest BCUT2D eigenvalue weighted by Crippen LogP contribution is 2.42. The second-order valence-corrected chi connectivity index (χ2v) is 13.8. The van der Waals surface area contributed by atoms with Gasteiger partial charge in [0.25, 0.3) is 0 Å². The molecule has 1 heterocycles. The first-order chi connectivity index (χ1) is 25.9. The largest absolute Gasteiger partial charge is 0.480 e. The second kappa shape index (κ2) is 14.9. The summed E-state index contributed by atoms with van der Waals surface area (Å²) in [4.78, 5) is 33.7. The Morgan fingerprint density at radius 1 is 0.698 bits per heavy atom. The smallest absolute Gasteiger partial charge is 0.328 e. The lowest BCUT2D eigenvalue weighted by Crippen LogP contribution is -2.32. The standard InChI is InChI=1S/C46H36ClN3O3/c47-36-23-24-40(39(26-36)45(33-15-5-2-6-16-33)49-41(46(52)53)25-30-11-3-1-4-12-30)48-42(51)29-50-27-34-21-19-31-13-7-9-17-37(31)43(34)44-35(28-50)22-20-32-14-8-10-18-38(32)44/h1-24,26,41H,25,27-29H2,(H,48,51)(H,52,53)/t41-/m1/s1. The van der Waals surface area contributed by atoms with Gasteiger partial charge in [-0.15, -0.1) is 0 Å². The zero-order valence-corrected chi connectivity index (χ0v) is 29.6. The minimum Gasteiger partial charge on any atom is -0.480 e. The summed E-state index contributed by atoms with van der Waals surface area (Å²) in [5.74, 6) is -1.25. The molecule has 6 nitrogen and oxygen atoms in total. The fraction of sp³-hybridized carbons (Fsp3) is 0.109. The number of aliphatic imine (C=N–C) groups is 1. The van der Waals surface area contributed by atoms with Crippen molar-refractivity contribution in [3.05, 3.63) is 184 Å². The van der Waals surface area contributed by atoms with Crippen LogP contribution in [0.5, 0.6) is 0 Å². The van der Waals surface area contributed by atoms with E-state index in [9.17, 15) is 14.7 Å². The summed E-state index contributed by atoms with van der Waals surface area (Å²) in [6, 6.07) is 48.7. The molecule has 0 aliphatic carbocycles. The molecular formula is C46H36ClN3O3. The molecule has 260 valence electrons. The van der Waals surface area contributed by atoms with Crippen LogP contribution in [0.1, 0.15) is 27.8 Å². The summed E-state index contributed by atoms with van der Waals surface area (Å²) in [6.07, 6.45) is 0.206. The number of rotatable bonds is 9. The Balaban J connectivity index is 1.14. The average molecular weight is 714 g/mol. The third kappa shape index (κ3) is 7.20. The summed E-state index contributed by atoms with van der Waals surface area (Å²) in [6.45, 7) is 1.30. The number of carbonyl (C=O) groups excluding carboxylic acids is 1. The molecule has 0 radical (unpaired) electrons. The van der Waals surface area contributed by atoms with Gasteiger partial charge in [-0.2, -0.15) is 0 Å². The van der Waals surface area contributed by atoms with E-state index in [1.54, 1.807) is 18.2 Å². The molecule has 1 aliphatic heterocycles. The number of carboxylic acids is 1. The van der Waals surface area contributed by atoms with Gasteiger partial charge in [-0.05, 0) is 67.6 Å². The van der Waals surface area contributed by atoms with Gasteiger partial charge in [0.15, 0.2) is 6.04 Å². The molecule has 1 amide bonds. The minimum absolute atomic E-state index is 0.129. The van der Waals surface area contributed by atoms with E-state index < -0.39 is 12.0 Å². The Morgan fingerprint density at radius 2 is 1.26 bits per heavy atom. The van der Waals surface area contributed by atoms with Crippen molar-refractivity contribution in [1.82, 2.24) is 4.90 Å². The van der Waals surface area contributed by atoms with Gasteiger partial charge in [-0.25, -0.2) is 4.79 Å². The van der Waals surface area contributed by atoms with Crippen molar-refractivity contribution in [2.75, 3.05) is 11.9 Å². The monoisotopic (exact) mass is 713 g/mol. The summed E-state index contributed by atoms with van der Waals surface area (Å²) < 4.78 is 0. The van der Waals surface area contributed by atoms with E-state index in [2.05, 4.69) is 83.0 Å².